The monoisotopic (exact) mass is 355 g/mol. The molecule has 2 aromatic rings. The largest absolute Gasteiger partial charge is 0.306 e. The van der Waals surface area contributed by atoms with E-state index in [-0.39, 0.29) is 11.9 Å². The molecule has 0 saturated heterocycles. The second kappa shape index (κ2) is 7.21. The van der Waals surface area contributed by atoms with Gasteiger partial charge in [0.2, 0.25) is 0 Å². The van der Waals surface area contributed by atoms with Crippen molar-refractivity contribution in [1.29, 1.82) is 0 Å². The van der Waals surface area contributed by atoms with Crippen LogP contribution in [-0.2, 0) is 0 Å². The van der Waals surface area contributed by atoms with Crippen LogP contribution < -0.4 is 5.32 Å². The van der Waals surface area contributed by atoms with Crippen LogP contribution in [0, 0.1) is 5.82 Å². The Kier molecular flexibility index (Phi) is 5.58. The molecule has 0 amide bonds. The Morgan fingerprint density at radius 2 is 2.05 bits per heavy atom. The molecule has 0 aliphatic carbocycles. The lowest BCUT2D eigenvalue weighted by molar-refractivity contribution is 0.546. The van der Waals surface area contributed by atoms with E-state index in [0.717, 1.165) is 23.0 Å². The smallest absolute Gasteiger partial charge is 0.129 e. The van der Waals surface area contributed by atoms with Crippen LogP contribution in [0.25, 0.3) is 0 Å². The van der Waals surface area contributed by atoms with Crippen molar-refractivity contribution in [1.82, 2.24) is 5.32 Å². The SMILES string of the molecule is CCCNC(c1cccc(Br)c1)c1ccc(Cl)cc1F. The molecule has 0 heterocycles. The number of halogens is 3. The van der Waals surface area contributed by atoms with Crippen molar-refractivity contribution in [2.45, 2.75) is 19.4 Å². The molecular weight excluding hydrogens is 341 g/mol. The second-order valence-corrected chi connectivity index (χ2v) is 5.96. The van der Waals surface area contributed by atoms with Crippen LogP contribution in [0.2, 0.25) is 5.02 Å². The van der Waals surface area contributed by atoms with Gasteiger partial charge in [0, 0.05) is 15.1 Å². The Morgan fingerprint density at radius 3 is 2.70 bits per heavy atom. The molecule has 0 spiro atoms. The van der Waals surface area contributed by atoms with Gasteiger partial charge in [0.05, 0.1) is 6.04 Å². The van der Waals surface area contributed by atoms with Crippen molar-refractivity contribution in [3.05, 3.63) is 68.9 Å². The van der Waals surface area contributed by atoms with E-state index in [0.29, 0.717) is 10.6 Å². The number of benzene rings is 2. The second-order valence-electron chi connectivity index (χ2n) is 4.61. The van der Waals surface area contributed by atoms with Gasteiger partial charge in [0.1, 0.15) is 5.82 Å². The molecule has 1 atom stereocenters. The van der Waals surface area contributed by atoms with Gasteiger partial charge in [-0.3, -0.25) is 0 Å². The fourth-order valence-electron chi connectivity index (χ4n) is 2.12. The molecule has 1 nitrogen and oxygen atoms in total. The Morgan fingerprint density at radius 1 is 1.25 bits per heavy atom. The number of rotatable bonds is 5. The summed E-state index contributed by atoms with van der Waals surface area (Å²) in [5.74, 6) is -0.286. The molecule has 2 aromatic carbocycles. The predicted molar refractivity (Wildman–Crippen MR) is 85.7 cm³/mol. The summed E-state index contributed by atoms with van der Waals surface area (Å²) in [4.78, 5) is 0. The average molecular weight is 357 g/mol. The Balaban J connectivity index is 2.41. The van der Waals surface area contributed by atoms with Crippen LogP contribution in [0.5, 0.6) is 0 Å². The van der Waals surface area contributed by atoms with Gasteiger partial charge in [-0.05, 0) is 42.8 Å². The van der Waals surface area contributed by atoms with Crippen molar-refractivity contribution in [3.8, 4) is 0 Å². The highest BCUT2D eigenvalue weighted by Crippen LogP contribution is 2.28. The minimum Gasteiger partial charge on any atom is -0.306 e. The molecule has 1 N–H and O–H groups in total. The average Bonchev–Trinajstić information content (AvgIpc) is 2.41. The molecule has 2 rings (SSSR count). The molecule has 0 bridgehead atoms. The van der Waals surface area contributed by atoms with Crippen LogP contribution in [0.3, 0.4) is 0 Å². The van der Waals surface area contributed by atoms with Gasteiger partial charge in [-0.25, -0.2) is 4.39 Å². The third kappa shape index (κ3) is 3.81. The first kappa shape index (κ1) is 15.5. The maximum absolute atomic E-state index is 14.2. The van der Waals surface area contributed by atoms with E-state index in [1.165, 1.54) is 6.07 Å². The Labute approximate surface area is 132 Å². The zero-order valence-corrected chi connectivity index (χ0v) is 13.5. The van der Waals surface area contributed by atoms with E-state index in [4.69, 9.17) is 11.6 Å². The van der Waals surface area contributed by atoms with E-state index in [9.17, 15) is 4.39 Å². The normalized spacial score (nSPS) is 12.4. The molecule has 106 valence electrons. The van der Waals surface area contributed by atoms with Gasteiger partial charge in [-0.15, -0.1) is 0 Å². The Hall–Kier alpha value is -0.900. The standard InChI is InChI=1S/C16H16BrClFN/c1-2-8-20-16(11-4-3-5-12(17)9-11)14-7-6-13(18)10-15(14)19/h3-7,9-10,16,20H,2,8H2,1H3. The molecule has 0 radical (unpaired) electrons. The van der Waals surface area contributed by atoms with E-state index in [1.807, 2.05) is 24.3 Å². The summed E-state index contributed by atoms with van der Waals surface area (Å²) in [5.41, 5.74) is 1.63. The molecule has 1 unspecified atom stereocenters. The minimum absolute atomic E-state index is 0.176. The fraction of sp³-hybridized carbons (Fsp3) is 0.250. The van der Waals surface area contributed by atoms with Gasteiger partial charge in [0.15, 0.2) is 0 Å². The fourth-order valence-corrected chi connectivity index (χ4v) is 2.69. The number of hydrogen-bond donors (Lipinski definition) is 1. The van der Waals surface area contributed by atoms with Crippen molar-refractivity contribution < 1.29 is 4.39 Å². The molecule has 4 heteroatoms. The molecule has 0 aliphatic rings. The first-order chi connectivity index (χ1) is 9.61. The van der Waals surface area contributed by atoms with E-state index in [2.05, 4.69) is 28.2 Å². The van der Waals surface area contributed by atoms with Gasteiger partial charge < -0.3 is 5.32 Å². The van der Waals surface area contributed by atoms with Crippen LogP contribution in [-0.4, -0.2) is 6.54 Å². The summed E-state index contributed by atoms with van der Waals surface area (Å²) in [6, 6.07) is 12.5. The van der Waals surface area contributed by atoms with Gasteiger partial charge in [-0.2, -0.15) is 0 Å². The predicted octanol–water partition coefficient (Wildman–Crippen LogP) is 5.33. The third-order valence-electron chi connectivity index (χ3n) is 3.05. The highest BCUT2D eigenvalue weighted by atomic mass is 79.9. The Bertz CT molecular complexity index is 588. The van der Waals surface area contributed by atoms with Crippen LogP contribution >= 0.6 is 27.5 Å². The quantitative estimate of drug-likeness (QED) is 0.763. The van der Waals surface area contributed by atoms with Crippen molar-refractivity contribution in [3.63, 3.8) is 0 Å². The highest BCUT2D eigenvalue weighted by molar-refractivity contribution is 9.10. The van der Waals surface area contributed by atoms with Crippen molar-refractivity contribution in [2.75, 3.05) is 6.54 Å². The van der Waals surface area contributed by atoms with Crippen molar-refractivity contribution in [2.24, 2.45) is 0 Å². The summed E-state index contributed by atoms with van der Waals surface area (Å²) < 4.78 is 15.2. The van der Waals surface area contributed by atoms with Gasteiger partial charge in [0.25, 0.3) is 0 Å². The first-order valence-electron chi connectivity index (χ1n) is 6.55. The summed E-state index contributed by atoms with van der Waals surface area (Å²) in [7, 11) is 0. The third-order valence-corrected chi connectivity index (χ3v) is 3.78. The summed E-state index contributed by atoms with van der Waals surface area (Å²) in [5, 5.41) is 3.80. The minimum atomic E-state index is -0.286. The molecule has 0 fully saturated rings. The van der Waals surface area contributed by atoms with E-state index >= 15 is 0 Å². The zero-order chi connectivity index (χ0) is 14.5. The van der Waals surface area contributed by atoms with E-state index < -0.39 is 0 Å². The van der Waals surface area contributed by atoms with Crippen LogP contribution in [0.1, 0.15) is 30.5 Å². The topological polar surface area (TPSA) is 12.0 Å². The maximum Gasteiger partial charge on any atom is 0.129 e. The summed E-state index contributed by atoms with van der Waals surface area (Å²) >= 11 is 9.29. The molecule has 0 saturated carbocycles. The number of nitrogens with one attached hydrogen (secondary N) is 1. The molecule has 0 aromatic heterocycles. The highest BCUT2D eigenvalue weighted by Gasteiger charge is 2.17. The maximum atomic E-state index is 14.2. The van der Waals surface area contributed by atoms with Crippen LogP contribution in [0.15, 0.2) is 46.9 Å². The van der Waals surface area contributed by atoms with Crippen LogP contribution in [0.4, 0.5) is 4.39 Å². The van der Waals surface area contributed by atoms with Crippen molar-refractivity contribution >= 4 is 27.5 Å². The molecule has 0 aliphatic heterocycles. The molecule has 20 heavy (non-hydrogen) atoms. The van der Waals surface area contributed by atoms with Gasteiger partial charge >= 0.3 is 0 Å². The lowest BCUT2D eigenvalue weighted by Crippen LogP contribution is -2.24. The number of hydrogen-bond acceptors (Lipinski definition) is 1. The molecular formula is C16H16BrClFN. The lowest BCUT2D eigenvalue weighted by atomic mass is 9.98. The summed E-state index contributed by atoms with van der Waals surface area (Å²) in [6.07, 6.45) is 0.986. The van der Waals surface area contributed by atoms with E-state index in [1.54, 1.807) is 12.1 Å². The first-order valence-corrected chi connectivity index (χ1v) is 7.72. The summed E-state index contributed by atoms with van der Waals surface area (Å²) in [6.45, 7) is 2.91. The lowest BCUT2D eigenvalue weighted by Gasteiger charge is -2.20. The zero-order valence-electron chi connectivity index (χ0n) is 11.2. The van der Waals surface area contributed by atoms with Gasteiger partial charge in [-0.1, -0.05) is 52.7 Å².